The van der Waals surface area contributed by atoms with Crippen LogP contribution in [0.25, 0.3) is 0 Å². The van der Waals surface area contributed by atoms with Crippen LogP contribution in [0.15, 0.2) is 72.8 Å². The maximum Gasteiger partial charge on any atom is 0.256 e. The van der Waals surface area contributed by atoms with E-state index in [1.165, 1.54) is 29.2 Å². The predicted molar refractivity (Wildman–Crippen MR) is 150 cm³/mol. The lowest BCUT2D eigenvalue weighted by Gasteiger charge is -2.24. The smallest absolute Gasteiger partial charge is 0.256 e. The average Bonchev–Trinajstić information content (AvgIpc) is 3.46. The van der Waals surface area contributed by atoms with Crippen LogP contribution in [-0.4, -0.2) is 47.4 Å². The number of hydrogen-bond acceptors (Lipinski definition) is 5. The van der Waals surface area contributed by atoms with Gasteiger partial charge in [0.05, 0.1) is 19.2 Å². The summed E-state index contributed by atoms with van der Waals surface area (Å²) in [5.41, 5.74) is 2.71. The fourth-order valence-corrected chi connectivity index (χ4v) is 5.19. The van der Waals surface area contributed by atoms with E-state index in [0.29, 0.717) is 36.6 Å². The highest BCUT2D eigenvalue weighted by atomic mass is 32.1. The van der Waals surface area contributed by atoms with Gasteiger partial charge < -0.3 is 19.9 Å². The molecule has 1 N–H and O–H groups in total. The number of rotatable bonds is 8. The van der Waals surface area contributed by atoms with E-state index in [0.717, 1.165) is 17.7 Å². The zero-order valence-electron chi connectivity index (χ0n) is 21.3. The van der Waals surface area contributed by atoms with E-state index < -0.39 is 17.8 Å². The second-order valence-electron chi connectivity index (χ2n) is 9.37. The number of halogens is 1. The Hall–Kier alpha value is -4.31. The van der Waals surface area contributed by atoms with Crippen LogP contribution < -0.4 is 19.9 Å². The van der Waals surface area contributed by atoms with Gasteiger partial charge in [-0.3, -0.25) is 19.3 Å². The first-order valence-corrected chi connectivity index (χ1v) is 13.0. The zero-order chi connectivity index (χ0) is 27.5. The second-order valence-corrected chi connectivity index (χ2v) is 9.74. The molecule has 0 radical (unpaired) electrons. The van der Waals surface area contributed by atoms with Crippen molar-refractivity contribution < 1.29 is 23.5 Å². The van der Waals surface area contributed by atoms with Crippen LogP contribution in [0.5, 0.6) is 5.75 Å². The summed E-state index contributed by atoms with van der Waals surface area (Å²) in [6.07, 6.45) is 1.24. The summed E-state index contributed by atoms with van der Waals surface area (Å²) in [6.45, 7) is 0.991. The molecule has 0 spiro atoms. The monoisotopic (exact) mass is 546 g/mol. The summed E-state index contributed by atoms with van der Waals surface area (Å²) in [5, 5.41) is 3.01. The van der Waals surface area contributed by atoms with Crippen LogP contribution in [-0.2, 0) is 20.9 Å². The van der Waals surface area contributed by atoms with Crippen molar-refractivity contribution in [2.75, 3.05) is 28.8 Å². The molecule has 1 unspecified atom stereocenters. The summed E-state index contributed by atoms with van der Waals surface area (Å²) < 4.78 is 18.5. The topological polar surface area (TPSA) is 82.2 Å². The van der Waals surface area contributed by atoms with Gasteiger partial charge in [0.25, 0.3) is 5.91 Å². The number of hydrogen-bond donors (Lipinski definition) is 1. The minimum absolute atomic E-state index is 0.108. The van der Waals surface area contributed by atoms with Crippen molar-refractivity contribution in [2.45, 2.75) is 31.8 Å². The van der Waals surface area contributed by atoms with Gasteiger partial charge in [0.2, 0.25) is 11.8 Å². The highest BCUT2D eigenvalue weighted by Crippen LogP contribution is 2.31. The molecule has 3 amide bonds. The maximum atomic E-state index is 13.7. The van der Waals surface area contributed by atoms with E-state index in [2.05, 4.69) is 5.32 Å². The van der Waals surface area contributed by atoms with Gasteiger partial charge in [0, 0.05) is 30.9 Å². The Balaban J connectivity index is 1.38. The lowest BCUT2D eigenvalue weighted by atomic mass is 10.1. The SMILES string of the molecule is COc1ccc(N2C(=O)C(CC(=O)Nc3ccc(F)cc3)N(Cc3ccc(N4CCCC4=O)cc3)C2=S)cc1. The van der Waals surface area contributed by atoms with Crippen molar-refractivity contribution >= 4 is 52.1 Å². The van der Waals surface area contributed by atoms with Gasteiger partial charge in [0.15, 0.2) is 5.11 Å². The number of thiocarbonyl (C=S) groups is 1. The van der Waals surface area contributed by atoms with Crippen LogP contribution >= 0.6 is 12.2 Å². The number of nitrogens with zero attached hydrogens (tertiary/aromatic N) is 3. The Labute approximate surface area is 231 Å². The van der Waals surface area contributed by atoms with Gasteiger partial charge >= 0.3 is 0 Å². The van der Waals surface area contributed by atoms with Crippen molar-refractivity contribution in [3.63, 3.8) is 0 Å². The summed E-state index contributed by atoms with van der Waals surface area (Å²) in [4.78, 5) is 43.7. The molecule has 2 heterocycles. The van der Waals surface area contributed by atoms with Gasteiger partial charge in [-0.1, -0.05) is 12.1 Å². The van der Waals surface area contributed by atoms with Crippen molar-refractivity contribution in [3.05, 3.63) is 84.2 Å². The van der Waals surface area contributed by atoms with Crippen LogP contribution in [0, 0.1) is 5.82 Å². The van der Waals surface area contributed by atoms with E-state index in [1.54, 1.807) is 41.2 Å². The molecule has 3 aromatic rings. The molecule has 0 bridgehead atoms. The number of amides is 3. The quantitative estimate of drug-likeness (QED) is 0.420. The van der Waals surface area contributed by atoms with Gasteiger partial charge in [-0.05, 0) is 84.9 Å². The number of carbonyl (C=O) groups is 3. The van der Waals surface area contributed by atoms with E-state index in [9.17, 15) is 18.8 Å². The first-order valence-electron chi connectivity index (χ1n) is 12.6. The number of benzene rings is 3. The molecule has 3 aromatic carbocycles. The molecule has 0 aromatic heterocycles. The molecule has 200 valence electrons. The third-order valence-electron chi connectivity index (χ3n) is 6.83. The molecule has 2 saturated heterocycles. The fourth-order valence-electron chi connectivity index (χ4n) is 4.80. The van der Waals surface area contributed by atoms with Crippen LogP contribution in [0.3, 0.4) is 0 Å². The molecule has 5 rings (SSSR count). The van der Waals surface area contributed by atoms with E-state index in [-0.39, 0.29) is 23.3 Å². The molecule has 10 heteroatoms. The van der Waals surface area contributed by atoms with Crippen molar-refractivity contribution in [2.24, 2.45) is 0 Å². The normalized spacial score (nSPS) is 17.2. The van der Waals surface area contributed by atoms with Gasteiger partial charge in [-0.2, -0.15) is 0 Å². The first-order chi connectivity index (χ1) is 18.8. The lowest BCUT2D eigenvalue weighted by molar-refractivity contribution is -0.124. The summed E-state index contributed by atoms with van der Waals surface area (Å²) in [7, 11) is 1.56. The minimum Gasteiger partial charge on any atom is -0.497 e. The Morgan fingerprint density at radius 3 is 2.28 bits per heavy atom. The van der Waals surface area contributed by atoms with Crippen LogP contribution in [0.2, 0.25) is 0 Å². The molecule has 2 aliphatic heterocycles. The number of anilines is 3. The highest BCUT2D eigenvalue weighted by Gasteiger charge is 2.44. The predicted octanol–water partition coefficient (Wildman–Crippen LogP) is 4.49. The van der Waals surface area contributed by atoms with E-state index in [1.807, 2.05) is 24.3 Å². The molecule has 0 saturated carbocycles. The fraction of sp³-hybridized carbons (Fsp3) is 0.241. The molecular weight excluding hydrogens is 519 g/mol. The van der Waals surface area contributed by atoms with Gasteiger partial charge in [-0.15, -0.1) is 0 Å². The molecule has 0 aliphatic carbocycles. The third kappa shape index (κ3) is 5.61. The van der Waals surface area contributed by atoms with Crippen molar-refractivity contribution in [3.8, 4) is 5.75 Å². The summed E-state index contributed by atoms with van der Waals surface area (Å²) in [5.74, 6) is -0.381. The van der Waals surface area contributed by atoms with Crippen LogP contribution in [0.4, 0.5) is 21.5 Å². The molecule has 1 atom stereocenters. The minimum atomic E-state index is -0.847. The molecule has 8 nitrogen and oxygen atoms in total. The molecule has 2 fully saturated rings. The molecular formula is C29H27FN4O4S. The zero-order valence-corrected chi connectivity index (χ0v) is 22.1. The summed E-state index contributed by atoms with van der Waals surface area (Å²) >= 11 is 5.76. The number of methoxy groups -OCH3 is 1. The Bertz CT molecular complexity index is 1400. The Kier molecular flexibility index (Phi) is 7.56. The lowest BCUT2D eigenvalue weighted by Crippen LogP contribution is -2.37. The number of nitrogens with one attached hydrogen (secondary N) is 1. The molecule has 39 heavy (non-hydrogen) atoms. The van der Waals surface area contributed by atoms with Crippen molar-refractivity contribution in [1.29, 1.82) is 0 Å². The van der Waals surface area contributed by atoms with E-state index in [4.69, 9.17) is 17.0 Å². The number of ether oxygens (including phenoxy) is 1. The Morgan fingerprint density at radius 2 is 1.67 bits per heavy atom. The van der Waals surface area contributed by atoms with E-state index >= 15 is 0 Å². The highest BCUT2D eigenvalue weighted by molar-refractivity contribution is 7.80. The number of carbonyl (C=O) groups excluding carboxylic acids is 3. The average molecular weight is 547 g/mol. The largest absolute Gasteiger partial charge is 0.497 e. The maximum absolute atomic E-state index is 13.7. The second kappa shape index (κ2) is 11.2. The van der Waals surface area contributed by atoms with Gasteiger partial charge in [-0.25, -0.2) is 4.39 Å². The molecule has 2 aliphatic rings. The van der Waals surface area contributed by atoms with Crippen LogP contribution in [0.1, 0.15) is 24.8 Å². The summed E-state index contributed by atoms with van der Waals surface area (Å²) in [6, 6.07) is 19.1. The third-order valence-corrected chi connectivity index (χ3v) is 7.25. The standard InChI is InChI=1S/C29H27FN4O4S/c1-38-24-14-12-23(13-15-24)34-28(37)25(17-26(35)31-21-8-6-20(30)7-9-21)33(29(34)39)18-19-4-10-22(11-5-19)32-16-2-3-27(32)36/h4-15,25H,2-3,16-18H2,1H3,(H,31,35). The Morgan fingerprint density at radius 1 is 1.00 bits per heavy atom. The van der Waals surface area contributed by atoms with Gasteiger partial charge in [0.1, 0.15) is 17.6 Å². The first kappa shape index (κ1) is 26.3. The van der Waals surface area contributed by atoms with Crippen molar-refractivity contribution in [1.82, 2.24) is 4.90 Å².